The molecule has 0 unspecified atom stereocenters. The van der Waals surface area contributed by atoms with Gasteiger partial charge in [0, 0.05) is 11.6 Å². The smallest absolute Gasteiger partial charge is 0.226 e. The van der Waals surface area contributed by atoms with E-state index >= 15 is 0 Å². The van der Waals surface area contributed by atoms with Crippen LogP contribution in [0.4, 0.5) is 0 Å². The second-order valence-corrected chi connectivity index (χ2v) is 6.26. The van der Waals surface area contributed by atoms with E-state index in [4.69, 9.17) is 0 Å². The molecule has 4 nitrogen and oxygen atoms in total. The maximum absolute atomic E-state index is 12.4. The number of benzene rings is 1. The zero-order valence-electron chi connectivity index (χ0n) is 12.8. The Morgan fingerprint density at radius 2 is 1.96 bits per heavy atom. The lowest BCUT2D eigenvalue weighted by molar-refractivity contribution is -0.121. The number of carbonyl (C=O) groups excluding carboxylic acids is 1. The minimum absolute atomic E-state index is 0.0604. The van der Waals surface area contributed by atoms with E-state index in [-0.39, 0.29) is 18.4 Å². The van der Waals surface area contributed by atoms with E-state index < -0.39 is 0 Å². The molecule has 3 rings (SSSR count). The minimum Gasteiger partial charge on any atom is -0.343 e. The highest BCUT2D eigenvalue weighted by atomic mass is 32.1. The molecule has 1 amide bonds. The Morgan fingerprint density at radius 1 is 1.17 bits per heavy atom. The van der Waals surface area contributed by atoms with Crippen molar-refractivity contribution in [1.82, 2.24) is 15.3 Å². The number of aromatic nitrogens is 2. The molecule has 116 valence electrons. The van der Waals surface area contributed by atoms with Crippen molar-refractivity contribution in [2.75, 3.05) is 0 Å². The average Bonchev–Trinajstić information content (AvgIpc) is 2.99. The molecule has 1 N–H and O–H groups in total. The third-order valence-corrected chi connectivity index (χ3v) is 4.25. The van der Waals surface area contributed by atoms with Gasteiger partial charge in [-0.3, -0.25) is 9.78 Å². The van der Waals surface area contributed by atoms with Crippen LogP contribution in [-0.4, -0.2) is 15.9 Å². The second-order valence-electron chi connectivity index (χ2n) is 5.20. The molecular weight excluding hydrogens is 306 g/mol. The normalized spacial score (nSPS) is 11.9. The summed E-state index contributed by atoms with van der Waals surface area (Å²) in [4.78, 5) is 21.1. The number of rotatable bonds is 5. The number of thiazole rings is 1. The van der Waals surface area contributed by atoms with Gasteiger partial charge in [0.1, 0.15) is 0 Å². The Morgan fingerprint density at radius 3 is 2.61 bits per heavy atom. The van der Waals surface area contributed by atoms with Crippen molar-refractivity contribution >= 4 is 17.2 Å². The largest absolute Gasteiger partial charge is 0.343 e. The van der Waals surface area contributed by atoms with Crippen LogP contribution < -0.4 is 5.32 Å². The van der Waals surface area contributed by atoms with Crippen molar-refractivity contribution in [3.63, 3.8) is 0 Å². The molecule has 0 saturated carbocycles. The van der Waals surface area contributed by atoms with Gasteiger partial charge in [0.25, 0.3) is 0 Å². The monoisotopic (exact) mass is 323 g/mol. The van der Waals surface area contributed by atoms with Gasteiger partial charge in [0.2, 0.25) is 5.91 Å². The highest BCUT2D eigenvalue weighted by Crippen LogP contribution is 2.20. The van der Waals surface area contributed by atoms with Gasteiger partial charge in [-0.1, -0.05) is 36.4 Å². The molecule has 0 bridgehead atoms. The van der Waals surface area contributed by atoms with Crippen molar-refractivity contribution < 1.29 is 4.79 Å². The second kappa shape index (κ2) is 7.15. The van der Waals surface area contributed by atoms with Gasteiger partial charge >= 0.3 is 0 Å². The van der Waals surface area contributed by atoms with Crippen molar-refractivity contribution in [1.29, 1.82) is 0 Å². The third kappa shape index (κ3) is 4.02. The predicted molar refractivity (Wildman–Crippen MR) is 91.2 cm³/mol. The van der Waals surface area contributed by atoms with Crippen LogP contribution in [0, 0.1) is 6.92 Å². The van der Waals surface area contributed by atoms with Crippen LogP contribution in [0.3, 0.4) is 0 Å². The van der Waals surface area contributed by atoms with E-state index in [1.54, 1.807) is 17.5 Å². The highest BCUT2D eigenvalue weighted by Gasteiger charge is 2.18. The summed E-state index contributed by atoms with van der Waals surface area (Å²) in [6.07, 6.45) is 2.02. The number of aryl methyl sites for hydroxylation is 1. The van der Waals surface area contributed by atoms with E-state index in [0.29, 0.717) is 0 Å². The van der Waals surface area contributed by atoms with E-state index in [9.17, 15) is 4.79 Å². The number of nitrogens with zero attached hydrogens (tertiary/aromatic N) is 2. The van der Waals surface area contributed by atoms with Crippen molar-refractivity contribution in [2.24, 2.45) is 0 Å². The number of carbonyl (C=O) groups is 1. The lowest BCUT2D eigenvalue weighted by atomic mass is 10.0. The number of amides is 1. The van der Waals surface area contributed by atoms with Crippen LogP contribution in [-0.2, 0) is 11.2 Å². The Bertz CT molecular complexity index is 732. The zero-order valence-corrected chi connectivity index (χ0v) is 13.6. The lowest BCUT2D eigenvalue weighted by Gasteiger charge is -2.18. The summed E-state index contributed by atoms with van der Waals surface area (Å²) >= 11 is 1.55. The summed E-state index contributed by atoms with van der Waals surface area (Å²) in [6.45, 7) is 1.94. The van der Waals surface area contributed by atoms with Crippen LogP contribution in [0.2, 0.25) is 0 Å². The molecule has 0 aliphatic carbocycles. The summed E-state index contributed by atoms with van der Waals surface area (Å²) in [5, 5.41) is 5.96. The molecule has 0 aliphatic rings. The zero-order chi connectivity index (χ0) is 16.1. The molecule has 0 fully saturated rings. The molecule has 1 atom stereocenters. The fraction of sp³-hybridized carbons (Fsp3) is 0.167. The van der Waals surface area contributed by atoms with Gasteiger partial charge in [-0.05, 0) is 24.6 Å². The summed E-state index contributed by atoms with van der Waals surface area (Å²) in [5.41, 5.74) is 2.63. The molecule has 0 spiro atoms. The summed E-state index contributed by atoms with van der Waals surface area (Å²) in [5.74, 6) is -0.0604. The van der Waals surface area contributed by atoms with Crippen LogP contribution in [0.5, 0.6) is 0 Å². The molecule has 2 heterocycles. The number of hydrogen-bond donors (Lipinski definition) is 1. The molecular formula is C18H17N3OS. The van der Waals surface area contributed by atoms with Crippen LogP contribution in [0.25, 0.3) is 0 Å². The minimum atomic E-state index is -0.260. The van der Waals surface area contributed by atoms with E-state index in [1.165, 1.54) is 0 Å². The Kier molecular flexibility index (Phi) is 4.78. The number of nitrogens with one attached hydrogen (secondary N) is 1. The first-order valence-electron chi connectivity index (χ1n) is 7.38. The SMILES string of the molecule is Cc1nc(CC(=O)N[C@H](c2ccccc2)c2ccccn2)cs1. The van der Waals surface area contributed by atoms with Crippen molar-refractivity contribution in [3.05, 3.63) is 82.1 Å². The van der Waals surface area contributed by atoms with Gasteiger partial charge in [0.15, 0.2) is 0 Å². The first-order valence-corrected chi connectivity index (χ1v) is 8.26. The molecule has 0 aliphatic heterocycles. The molecule has 1 aromatic carbocycles. The first kappa shape index (κ1) is 15.4. The van der Waals surface area contributed by atoms with Gasteiger partial charge in [-0.25, -0.2) is 4.98 Å². The maximum atomic E-state index is 12.4. The third-order valence-electron chi connectivity index (χ3n) is 3.43. The lowest BCUT2D eigenvalue weighted by Crippen LogP contribution is -2.31. The van der Waals surface area contributed by atoms with Gasteiger partial charge in [-0.15, -0.1) is 11.3 Å². The van der Waals surface area contributed by atoms with E-state index in [0.717, 1.165) is 22.0 Å². The quantitative estimate of drug-likeness (QED) is 0.784. The molecule has 2 aromatic heterocycles. The Balaban J connectivity index is 1.80. The van der Waals surface area contributed by atoms with Gasteiger partial charge in [-0.2, -0.15) is 0 Å². The van der Waals surface area contributed by atoms with Crippen LogP contribution in [0.15, 0.2) is 60.1 Å². The number of pyridine rings is 1. The Labute approximate surface area is 139 Å². The highest BCUT2D eigenvalue weighted by molar-refractivity contribution is 7.09. The molecule has 3 aromatic rings. The fourth-order valence-electron chi connectivity index (χ4n) is 2.39. The molecule has 0 saturated heterocycles. The number of hydrogen-bond acceptors (Lipinski definition) is 4. The van der Waals surface area contributed by atoms with Crippen LogP contribution in [0.1, 0.15) is 28.0 Å². The average molecular weight is 323 g/mol. The van der Waals surface area contributed by atoms with E-state index in [1.807, 2.05) is 60.8 Å². The molecule has 5 heteroatoms. The van der Waals surface area contributed by atoms with E-state index in [2.05, 4.69) is 15.3 Å². The predicted octanol–water partition coefficient (Wildman–Crippen LogP) is 3.29. The Hall–Kier alpha value is -2.53. The van der Waals surface area contributed by atoms with Crippen molar-refractivity contribution in [3.8, 4) is 0 Å². The van der Waals surface area contributed by atoms with Crippen LogP contribution >= 0.6 is 11.3 Å². The molecule has 0 radical (unpaired) electrons. The van der Waals surface area contributed by atoms with Gasteiger partial charge < -0.3 is 5.32 Å². The summed E-state index contributed by atoms with van der Waals surface area (Å²) in [6, 6.07) is 15.3. The summed E-state index contributed by atoms with van der Waals surface area (Å²) < 4.78 is 0. The van der Waals surface area contributed by atoms with Crippen molar-refractivity contribution in [2.45, 2.75) is 19.4 Å². The molecule has 23 heavy (non-hydrogen) atoms. The topological polar surface area (TPSA) is 54.9 Å². The first-order chi connectivity index (χ1) is 11.2. The summed E-state index contributed by atoms with van der Waals surface area (Å²) in [7, 11) is 0. The van der Waals surface area contributed by atoms with Gasteiger partial charge in [0.05, 0.1) is 28.9 Å². The maximum Gasteiger partial charge on any atom is 0.226 e. The fourth-order valence-corrected chi connectivity index (χ4v) is 3.00. The standard InChI is InChI=1S/C18H17N3OS/c1-13-20-15(12-23-13)11-17(22)21-18(14-7-3-2-4-8-14)16-9-5-6-10-19-16/h2-10,12,18H,11H2,1H3,(H,21,22)/t18-/m1/s1.